The van der Waals surface area contributed by atoms with Crippen molar-refractivity contribution in [2.24, 2.45) is 0 Å². The van der Waals surface area contributed by atoms with Gasteiger partial charge in [-0.25, -0.2) is 0 Å². The summed E-state index contributed by atoms with van der Waals surface area (Å²) >= 11 is 0. The van der Waals surface area contributed by atoms with E-state index in [9.17, 15) is 4.79 Å². The molecule has 1 aromatic carbocycles. The fourth-order valence-electron chi connectivity index (χ4n) is 1.77. The van der Waals surface area contributed by atoms with Gasteiger partial charge in [0, 0.05) is 6.04 Å². The zero-order valence-corrected chi connectivity index (χ0v) is 12.9. The van der Waals surface area contributed by atoms with Crippen molar-refractivity contribution in [2.75, 3.05) is 13.7 Å². The van der Waals surface area contributed by atoms with E-state index >= 15 is 0 Å². The second kappa shape index (κ2) is 8.46. The van der Waals surface area contributed by atoms with E-state index in [0.29, 0.717) is 18.8 Å². The molecule has 1 aromatic rings. The molecule has 1 N–H and O–H groups in total. The Labute approximate surface area is 121 Å². The minimum absolute atomic E-state index is 0.0311. The average molecular weight is 279 g/mol. The molecule has 4 heteroatoms. The molecule has 0 heterocycles. The van der Waals surface area contributed by atoms with Gasteiger partial charge in [0.25, 0.3) is 0 Å². The van der Waals surface area contributed by atoms with Crippen LogP contribution < -0.4 is 14.8 Å². The maximum absolute atomic E-state index is 11.9. The lowest BCUT2D eigenvalue weighted by molar-refractivity contribution is -0.121. The zero-order valence-electron chi connectivity index (χ0n) is 12.9. The van der Waals surface area contributed by atoms with Crippen LogP contribution in [0.25, 0.3) is 0 Å². The summed E-state index contributed by atoms with van der Waals surface area (Å²) in [6, 6.07) is 5.84. The normalized spacial score (nSPS) is 11.8. The molecule has 0 saturated heterocycles. The lowest BCUT2D eigenvalue weighted by Gasteiger charge is -2.13. The summed E-state index contributed by atoms with van der Waals surface area (Å²) in [6.07, 6.45) is 2.23. The van der Waals surface area contributed by atoms with Gasteiger partial charge in [0.05, 0.1) is 20.1 Å². The predicted molar refractivity (Wildman–Crippen MR) is 80.4 cm³/mol. The van der Waals surface area contributed by atoms with Crippen LogP contribution in [0.4, 0.5) is 0 Å². The van der Waals surface area contributed by atoms with E-state index in [4.69, 9.17) is 9.47 Å². The highest BCUT2D eigenvalue weighted by atomic mass is 16.5. The summed E-state index contributed by atoms with van der Waals surface area (Å²) in [5, 5.41) is 2.95. The van der Waals surface area contributed by atoms with Crippen molar-refractivity contribution in [3.63, 3.8) is 0 Å². The van der Waals surface area contributed by atoms with Crippen molar-refractivity contribution in [3.8, 4) is 11.5 Å². The summed E-state index contributed by atoms with van der Waals surface area (Å²) in [6.45, 7) is 6.76. The number of nitrogens with one attached hydrogen (secondary N) is 1. The Morgan fingerprint density at radius 2 is 2.05 bits per heavy atom. The number of carbonyl (C=O) groups excluding carboxylic acids is 1. The average Bonchev–Trinajstić information content (AvgIpc) is 2.45. The minimum Gasteiger partial charge on any atom is -0.493 e. The van der Waals surface area contributed by atoms with Crippen molar-refractivity contribution in [1.82, 2.24) is 5.32 Å². The second-order valence-electron chi connectivity index (χ2n) is 4.89. The van der Waals surface area contributed by atoms with E-state index in [1.54, 1.807) is 7.11 Å². The zero-order chi connectivity index (χ0) is 15.0. The summed E-state index contributed by atoms with van der Waals surface area (Å²) in [5.41, 5.74) is 0.923. The van der Waals surface area contributed by atoms with Crippen LogP contribution in [0, 0.1) is 0 Å². The first kappa shape index (κ1) is 16.3. The molecule has 4 nitrogen and oxygen atoms in total. The van der Waals surface area contributed by atoms with Crippen LogP contribution in [0.3, 0.4) is 0 Å². The molecule has 20 heavy (non-hydrogen) atoms. The van der Waals surface area contributed by atoms with E-state index in [0.717, 1.165) is 24.2 Å². The monoisotopic (exact) mass is 279 g/mol. The SMILES string of the molecule is CCCOc1ccc(CC(=O)NC(C)CC)cc1OC. The van der Waals surface area contributed by atoms with E-state index < -0.39 is 0 Å². The molecule has 0 aliphatic carbocycles. The van der Waals surface area contributed by atoms with E-state index in [1.165, 1.54) is 0 Å². The van der Waals surface area contributed by atoms with Gasteiger partial charge in [-0.1, -0.05) is 19.9 Å². The first-order valence-corrected chi connectivity index (χ1v) is 7.19. The fourth-order valence-corrected chi connectivity index (χ4v) is 1.77. The smallest absolute Gasteiger partial charge is 0.224 e. The highest BCUT2D eigenvalue weighted by molar-refractivity contribution is 5.79. The van der Waals surface area contributed by atoms with Crippen molar-refractivity contribution in [3.05, 3.63) is 23.8 Å². The van der Waals surface area contributed by atoms with Gasteiger partial charge >= 0.3 is 0 Å². The van der Waals surface area contributed by atoms with Gasteiger partial charge in [-0.2, -0.15) is 0 Å². The molecule has 0 aliphatic heterocycles. The van der Waals surface area contributed by atoms with Crippen LogP contribution >= 0.6 is 0 Å². The molecule has 1 atom stereocenters. The summed E-state index contributed by atoms with van der Waals surface area (Å²) in [7, 11) is 1.61. The molecule has 1 unspecified atom stereocenters. The maximum atomic E-state index is 11.9. The number of rotatable bonds is 8. The largest absolute Gasteiger partial charge is 0.493 e. The molecule has 0 aliphatic rings. The number of benzene rings is 1. The van der Waals surface area contributed by atoms with Gasteiger partial charge in [-0.15, -0.1) is 0 Å². The summed E-state index contributed by atoms with van der Waals surface area (Å²) in [5.74, 6) is 1.43. The van der Waals surface area contributed by atoms with E-state index in [2.05, 4.69) is 12.2 Å². The standard InChI is InChI=1S/C16H25NO3/c1-5-9-20-14-8-7-13(10-15(14)19-4)11-16(18)17-12(3)6-2/h7-8,10,12H,5-6,9,11H2,1-4H3,(H,17,18). The molecule has 1 amide bonds. The van der Waals surface area contributed by atoms with Crippen LogP contribution in [0.5, 0.6) is 11.5 Å². The predicted octanol–water partition coefficient (Wildman–Crippen LogP) is 2.94. The Morgan fingerprint density at radius 3 is 2.65 bits per heavy atom. The first-order chi connectivity index (χ1) is 9.60. The van der Waals surface area contributed by atoms with E-state index in [1.807, 2.05) is 32.0 Å². The number of hydrogen-bond donors (Lipinski definition) is 1. The topological polar surface area (TPSA) is 47.6 Å². The fraction of sp³-hybridized carbons (Fsp3) is 0.562. The van der Waals surface area contributed by atoms with Crippen LogP contribution in [-0.4, -0.2) is 25.7 Å². The Morgan fingerprint density at radius 1 is 1.30 bits per heavy atom. The molecule has 0 bridgehead atoms. The number of methoxy groups -OCH3 is 1. The van der Waals surface area contributed by atoms with Crippen molar-refractivity contribution >= 4 is 5.91 Å². The number of carbonyl (C=O) groups is 1. The highest BCUT2D eigenvalue weighted by Gasteiger charge is 2.10. The van der Waals surface area contributed by atoms with E-state index in [-0.39, 0.29) is 11.9 Å². The van der Waals surface area contributed by atoms with Gasteiger partial charge in [0.1, 0.15) is 0 Å². The van der Waals surface area contributed by atoms with Gasteiger partial charge in [-0.3, -0.25) is 4.79 Å². The van der Waals surface area contributed by atoms with Crippen molar-refractivity contribution in [2.45, 2.75) is 46.1 Å². The molecule has 0 radical (unpaired) electrons. The van der Waals surface area contributed by atoms with Crippen molar-refractivity contribution in [1.29, 1.82) is 0 Å². The van der Waals surface area contributed by atoms with Gasteiger partial charge < -0.3 is 14.8 Å². The molecule has 0 aromatic heterocycles. The second-order valence-corrected chi connectivity index (χ2v) is 4.89. The maximum Gasteiger partial charge on any atom is 0.224 e. The van der Waals surface area contributed by atoms with Gasteiger partial charge in [0.2, 0.25) is 5.91 Å². The molecule has 1 rings (SSSR count). The highest BCUT2D eigenvalue weighted by Crippen LogP contribution is 2.28. The van der Waals surface area contributed by atoms with Crippen LogP contribution in [-0.2, 0) is 11.2 Å². The Kier molecular flexibility index (Phi) is 6.91. The van der Waals surface area contributed by atoms with Crippen LogP contribution in [0.2, 0.25) is 0 Å². The molecular weight excluding hydrogens is 254 g/mol. The lowest BCUT2D eigenvalue weighted by Crippen LogP contribution is -2.33. The van der Waals surface area contributed by atoms with Crippen LogP contribution in [0.15, 0.2) is 18.2 Å². The summed E-state index contributed by atoms with van der Waals surface area (Å²) in [4.78, 5) is 11.9. The molecular formula is C16H25NO3. The Balaban J connectivity index is 2.69. The quantitative estimate of drug-likeness (QED) is 0.796. The number of ether oxygens (including phenoxy) is 2. The van der Waals surface area contributed by atoms with Gasteiger partial charge in [-0.05, 0) is 37.5 Å². The Hall–Kier alpha value is -1.71. The third kappa shape index (κ3) is 5.11. The molecule has 0 saturated carbocycles. The lowest BCUT2D eigenvalue weighted by atomic mass is 10.1. The third-order valence-electron chi connectivity index (χ3n) is 3.07. The van der Waals surface area contributed by atoms with Gasteiger partial charge in [0.15, 0.2) is 11.5 Å². The minimum atomic E-state index is 0.0311. The molecule has 112 valence electrons. The number of amides is 1. The molecule has 0 spiro atoms. The first-order valence-electron chi connectivity index (χ1n) is 7.19. The van der Waals surface area contributed by atoms with Crippen molar-refractivity contribution < 1.29 is 14.3 Å². The Bertz CT molecular complexity index is 432. The summed E-state index contributed by atoms with van der Waals surface area (Å²) < 4.78 is 10.9. The number of hydrogen-bond acceptors (Lipinski definition) is 3. The molecule has 0 fully saturated rings. The third-order valence-corrected chi connectivity index (χ3v) is 3.07. The van der Waals surface area contributed by atoms with Crippen LogP contribution in [0.1, 0.15) is 39.2 Å².